The number of hydrogen-bond donors (Lipinski definition) is 3. The number of fused-ring (bicyclic) bond motifs is 1. The van der Waals surface area contributed by atoms with Gasteiger partial charge < -0.3 is 25.4 Å². The van der Waals surface area contributed by atoms with E-state index >= 15 is 0 Å². The Labute approximate surface area is 228 Å². The van der Waals surface area contributed by atoms with Crippen molar-refractivity contribution >= 4 is 23.3 Å². The van der Waals surface area contributed by atoms with Gasteiger partial charge in [0.2, 0.25) is 0 Å². The van der Waals surface area contributed by atoms with E-state index in [0.29, 0.717) is 35.8 Å². The number of nitrogens with zero attached hydrogens (tertiary/aromatic N) is 2. The van der Waals surface area contributed by atoms with Crippen LogP contribution in [-0.4, -0.2) is 65.7 Å². The molecule has 1 aliphatic rings. The molecule has 0 radical (unpaired) electrons. The van der Waals surface area contributed by atoms with Crippen molar-refractivity contribution in [3.63, 3.8) is 0 Å². The number of ether oxygens (including phenoxy) is 1. The molecule has 3 N–H and O–H groups in total. The van der Waals surface area contributed by atoms with E-state index in [0.717, 1.165) is 6.54 Å². The van der Waals surface area contributed by atoms with Gasteiger partial charge in [0.15, 0.2) is 0 Å². The number of urea groups is 1. The van der Waals surface area contributed by atoms with Crippen molar-refractivity contribution in [2.24, 2.45) is 5.92 Å². The zero-order valence-corrected chi connectivity index (χ0v) is 22.4. The molecule has 0 saturated heterocycles. The van der Waals surface area contributed by atoms with Gasteiger partial charge in [-0.3, -0.25) is 9.69 Å². The smallest absolute Gasteiger partial charge is 0.323 e. The summed E-state index contributed by atoms with van der Waals surface area (Å²) in [6.07, 6.45) is -0.223. The van der Waals surface area contributed by atoms with Crippen LogP contribution in [0.25, 0.3) is 0 Å². The maximum atomic E-state index is 13.6. The summed E-state index contributed by atoms with van der Waals surface area (Å²) in [5.74, 6) is -0.267. The van der Waals surface area contributed by atoms with Gasteiger partial charge in [-0.15, -0.1) is 0 Å². The lowest BCUT2D eigenvalue weighted by Crippen LogP contribution is -2.49. The Morgan fingerprint density at radius 3 is 2.46 bits per heavy atom. The largest absolute Gasteiger partial charge is 0.488 e. The highest BCUT2D eigenvalue weighted by atomic mass is 19.1. The number of anilines is 2. The summed E-state index contributed by atoms with van der Waals surface area (Å²) in [4.78, 5) is 30.0. The fourth-order valence-corrected chi connectivity index (χ4v) is 4.61. The predicted molar refractivity (Wildman–Crippen MR) is 149 cm³/mol. The van der Waals surface area contributed by atoms with Gasteiger partial charge in [0, 0.05) is 36.9 Å². The fourth-order valence-electron chi connectivity index (χ4n) is 4.61. The van der Waals surface area contributed by atoms with Crippen LogP contribution >= 0.6 is 0 Å². The Morgan fingerprint density at radius 1 is 1.10 bits per heavy atom. The molecule has 1 heterocycles. The quantitative estimate of drug-likeness (QED) is 0.385. The van der Waals surface area contributed by atoms with Crippen LogP contribution in [0.15, 0.2) is 72.8 Å². The minimum atomic E-state index is -0.532. The number of amides is 3. The maximum absolute atomic E-state index is 13.6. The molecule has 0 aliphatic carbocycles. The minimum Gasteiger partial charge on any atom is -0.488 e. The number of aliphatic hydroxyl groups is 1. The highest BCUT2D eigenvalue weighted by molar-refractivity contribution is 6.02. The van der Waals surface area contributed by atoms with Crippen molar-refractivity contribution in [1.29, 1.82) is 0 Å². The van der Waals surface area contributed by atoms with Gasteiger partial charge in [0.05, 0.1) is 18.2 Å². The van der Waals surface area contributed by atoms with Crippen molar-refractivity contribution < 1.29 is 23.8 Å². The number of aliphatic hydroxyl groups excluding tert-OH is 1. The molecular formula is C30H35FN4O4. The first kappa shape index (κ1) is 28.1. The Hall–Kier alpha value is -3.95. The molecular weight excluding hydrogens is 499 g/mol. The van der Waals surface area contributed by atoms with E-state index in [1.54, 1.807) is 23.1 Å². The molecule has 3 aromatic carbocycles. The predicted octanol–water partition coefficient (Wildman–Crippen LogP) is 4.82. The molecule has 0 fully saturated rings. The Balaban J connectivity index is 1.55. The lowest BCUT2D eigenvalue weighted by atomic mass is 9.99. The average Bonchev–Trinajstić information content (AvgIpc) is 2.92. The summed E-state index contributed by atoms with van der Waals surface area (Å²) >= 11 is 0. The third-order valence-electron chi connectivity index (χ3n) is 6.81. The van der Waals surface area contributed by atoms with Gasteiger partial charge in [-0.25, -0.2) is 9.18 Å². The van der Waals surface area contributed by atoms with Crippen molar-refractivity contribution in [3.05, 3.63) is 89.7 Å². The summed E-state index contributed by atoms with van der Waals surface area (Å²) < 4.78 is 19.6. The molecule has 0 bridgehead atoms. The molecule has 1 aliphatic heterocycles. The molecule has 3 aromatic rings. The first-order valence-corrected chi connectivity index (χ1v) is 13.0. The third-order valence-corrected chi connectivity index (χ3v) is 6.81. The third kappa shape index (κ3) is 7.34. The Bertz CT molecular complexity index is 1270. The number of carbonyl (C=O) groups is 2. The SMILES string of the molecule is C[C@H](CO)N1C[C@H](C)[C@H](CN(C)Cc2ccccc2)Oc2ccc(NC(=O)Nc3ccc(F)cc3)cc2C1=O. The van der Waals surface area contributed by atoms with Crippen LogP contribution in [0.5, 0.6) is 5.75 Å². The maximum Gasteiger partial charge on any atom is 0.323 e. The second-order valence-electron chi connectivity index (χ2n) is 10.1. The van der Waals surface area contributed by atoms with Gasteiger partial charge in [0.1, 0.15) is 17.7 Å². The standard InChI is InChI=1S/C30H35FN4O4/c1-20-16-35(21(2)19-36)29(37)26-15-25(33-30(38)32-24-11-9-23(31)10-12-24)13-14-27(26)39-28(20)18-34(3)17-22-7-5-4-6-8-22/h4-15,20-21,28,36H,16-19H2,1-3H3,(H2,32,33,38)/t20-,21+,28-/m0/s1. The summed E-state index contributed by atoms with van der Waals surface area (Å²) in [7, 11) is 2.04. The van der Waals surface area contributed by atoms with E-state index in [1.165, 1.54) is 29.8 Å². The van der Waals surface area contributed by atoms with E-state index < -0.39 is 17.9 Å². The summed E-state index contributed by atoms with van der Waals surface area (Å²) in [6.45, 7) is 5.47. The van der Waals surface area contributed by atoms with Gasteiger partial charge in [-0.1, -0.05) is 37.3 Å². The molecule has 0 unspecified atom stereocenters. The first-order valence-electron chi connectivity index (χ1n) is 13.0. The van der Waals surface area contributed by atoms with Crippen LogP contribution in [-0.2, 0) is 6.54 Å². The summed E-state index contributed by atoms with van der Waals surface area (Å²) in [5, 5.41) is 15.2. The zero-order chi connectivity index (χ0) is 27.9. The fraction of sp³-hybridized carbons (Fsp3) is 0.333. The monoisotopic (exact) mass is 534 g/mol. The topological polar surface area (TPSA) is 94.1 Å². The number of likely N-dealkylation sites (N-methyl/N-ethyl adjacent to an activating group) is 1. The van der Waals surface area contributed by atoms with E-state index in [1.807, 2.05) is 39.1 Å². The molecule has 39 heavy (non-hydrogen) atoms. The molecule has 0 aromatic heterocycles. The first-order chi connectivity index (χ1) is 18.7. The van der Waals surface area contributed by atoms with Gasteiger partial charge in [0.25, 0.3) is 5.91 Å². The summed E-state index contributed by atoms with van der Waals surface area (Å²) in [5.41, 5.74) is 2.32. The lowest BCUT2D eigenvalue weighted by molar-refractivity contribution is 0.0341. The Morgan fingerprint density at radius 2 is 1.77 bits per heavy atom. The number of rotatable bonds is 8. The van der Waals surface area contributed by atoms with Crippen molar-refractivity contribution in [2.75, 3.05) is 37.4 Å². The highest BCUT2D eigenvalue weighted by Crippen LogP contribution is 2.31. The van der Waals surface area contributed by atoms with Crippen LogP contribution in [0.1, 0.15) is 29.8 Å². The molecule has 3 amide bonds. The number of nitrogens with one attached hydrogen (secondary N) is 2. The molecule has 0 spiro atoms. The van der Waals surface area contributed by atoms with Crippen molar-refractivity contribution in [2.45, 2.75) is 32.5 Å². The molecule has 4 rings (SSSR count). The zero-order valence-electron chi connectivity index (χ0n) is 22.4. The number of benzene rings is 3. The second-order valence-corrected chi connectivity index (χ2v) is 10.1. The van der Waals surface area contributed by atoms with Crippen molar-refractivity contribution in [1.82, 2.24) is 9.80 Å². The van der Waals surface area contributed by atoms with E-state index in [-0.39, 0.29) is 24.5 Å². The van der Waals surface area contributed by atoms with Crippen LogP contribution in [0.3, 0.4) is 0 Å². The number of hydrogen-bond acceptors (Lipinski definition) is 5. The highest BCUT2D eigenvalue weighted by Gasteiger charge is 2.33. The minimum absolute atomic E-state index is 0.00591. The molecule has 9 heteroatoms. The average molecular weight is 535 g/mol. The molecule has 0 saturated carbocycles. The van der Waals surface area contributed by atoms with Gasteiger partial charge >= 0.3 is 6.03 Å². The van der Waals surface area contributed by atoms with Gasteiger partial charge in [-0.2, -0.15) is 0 Å². The van der Waals surface area contributed by atoms with Crippen LogP contribution in [0.2, 0.25) is 0 Å². The normalized spacial score (nSPS) is 18.0. The van der Waals surface area contributed by atoms with Crippen LogP contribution in [0.4, 0.5) is 20.6 Å². The Kier molecular flexibility index (Phi) is 9.16. The summed E-state index contributed by atoms with van der Waals surface area (Å²) in [6, 6.07) is 19.6. The van der Waals surface area contributed by atoms with E-state index in [4.69, 9.17) is 4.74 Å². The molecule has 3 atom stereocenters. The van der Waals surface area contributed by atoms with Crippen molar-refractivity contribution in [3.8, 4) is 5.75 Å². The van der Waals surface area contributed by atoms with Crippen LogP contribution in [0, 0.1) is 11.7 Å². The molecule has 8 nitrogen and oxygen atoms in total. The lowest BCUT2D eigenvalue weighted by Gasteiger charge is -2.38. The van der Waals surface area contributed by atoms with E-state index in [2.05, 4.69) is 27.7 Å². The van der Waals surface area contributed by atoms with Crippen LogP contribution < -0.4 is 15.4 Å². The number of halogens is 1. The number of carbonyl (C=O) groups excluding carboxylic acids is 2. The van der Waals surface area contributed by atoms with E-state index in [9.17, 15) is 19.1 Å². The molecule has 206 valence electrons. The van der Waals surface area contributed by atoms with Gasteiger partial charge in [-0.05, 0) is 62.0 Å². The second kappa shape index (κ2) is 12.7.